The molecule has 15 heavy (non-hydrogen) atoms. The zero-order valence-electron chi connectivity index (χ0n) is 8.64. The lowest BCUT2D eigenvalue weighted by atomic mass is 10.3. The Morgan fingerprint density at radius 3 is 3.20 bits per heavy atom. The van der Waals surface area contributed by atoms with Gasteiger partial charge in [0.1, 0.15) is 11.8 Å². The molecule has 1 aromatic rings. The van der Waals surface area contributed by atoms with Gasteiger partial charge in [0.25, 0.3) is 0 Å². The van der Waals surface area contributed by atoms with Gasteiger partial charge < -0.3 is 10.2 Å². The lowest BCUT2D eigenvalue weighted by molar-refractivity contribution is 0.616. The second-order valence-electron chi connectivity index (χ2n) is 3.57. The Morgan fingerprint density at radius 1 is 1.67 bits per heavy atom. The molecular weight excluding hydrogens is 190 g/mol. The number of aromatic nitrogens is 2. The van der Waals surface area contributed by atoms with Crippen molar-refractivity contribution in [2.24, 2.45) is 0 Å². The second-order valence-corrected chi connectivity index (χ2v) is 3.57. The highest BCUT2D eigenvalue weighted by Crippen LogP contribution is 2.15. The molecule has 78 valence electrons. The first-order chi connectivity index (χ1) is 7.33. The molecule has 0 aromatic carbocycles. The average molecular weight is 203 g/mol. The molecule has 0 bridgehead atoms. The molecule has 0 saturated carbocycles. The number of rotatable bonds is 2. The second kappa shape index (κ2) is 4.24. The fourth-order valence-electron chi connectivity index (χ4n) is 1.74. The van der Waals surface area contributed by atoms with Crippen molar-refractivity contribution in [3.63, 3.8) is 0 Å². The van der Waals surface area contributed by atoms with Gasteiger partial charge in [0.05, 0.1) is 0 Å². The number of likely N-dealkylation sites (N-methyl/N-ethyl adjacent to an activating group) is 1. The predicted octanol–water partition coefficient (Wildman–Crippen LogP) is 0.146. The van der Waals surface area contributed by atoms with Crippen molar-refractivity contribution in [3.05, 3.63) is 18.0 Å². The monoisotopic (exact) mass is 203 g/mol. The van der Waals surface area contributed by atoms with E-state index in [-0.39, 0.29) is 0 Å². The third-order valence-corrected chi connectivity index (χ3v) is 2.64. The standard InChI is InChI=1S/C10H13N5/c1-12-9-3-5-15(7-9)10-13-4-2-8(6-11)14-10/h2,4,9,12H,3,5,7H2,1H3. The third-order valence-electron chi connectivity index (χ3n) is 2.64. The van der Waals surface area contributed by atoms with Crippen LogP contribution in [0.1, 0.15) is 12.1 Å². The van der Waals surface area contributed by atoms with Gasteiger partial charge in [-0.25, -0.2) is 9.97 Å². The highest BCUT2D eigenvalue weighted by atomic mass is 15.3. The van der Waals surface area contributed by atoms with Crippen LogP contribution in [0, 0.1) is 11.3 Å². The Hall–Kier alpha value is -1.67. The van der Waals surface area contributed by atoms with E-state index in [2.05, 4.69) is 20.2 Å². The van der Waals surface area contributed by atoms with Gasteiger partial charge in [0, 0.05) is 25.3 Å². The molecule has 2 rings (SSSR count). The van der Waals surface area contributed by atoms with Gasteiger partial charge in [-0.2, -0.15) is 5.26 Å². The van der Waals surface area contributed by atoms with Crippen LogP contribution in [0.25, 0.3) is 0 Å². The maximum absolute atomic E-state index is 8.73. The molecule has 0 aliphatic carbocycles. The molecule has 1 N–H and O–H groups in total. The Labute approximate surface area is 88.8 Å². The number of nitriles is 1. The van der Waals surface area contributed by atoms with E-state index in [4.69, 9.17) is 5.26 Å². The number of hydrogen-bond acceptors (Lipinski definition) is 5. The van der Waals surface area contributed by atoms with Gasteiger partial charge in [0.2, 0.25) is 5.95 Å². The molecule has 5 heteroatoms. The van der Waals surface area contributed by atoms with E-state index in [9.17, 15) is 0 Å². The van der Waals surface area contributed by atoms with E-state index in [1.807, 2.05) is 13.1 Å². The van der Waals surface area contributed by atoms with Gasteiger partial charge in [0.15, 0.2) is 0 Å². The summed E-state index contributed by atoms with van der Waals surface area (Å²) >= 11 is 0. The molecule has 5 nitrogen and oxygen atoms in total. The van der Waals surface area contributed by atoms with Crippen LogP contribution in [-0.4, -0.2) is 36.1 Å². The Balaban J connectivity index is 2.14. The first-order valence-electron chi connectivity index (χ1n) is 4.99. The van der Waals surface area contributed by atoms with Crippen LogP contribution >= 0.6 is 0 Å². The van der Waals surface area contributed by atoms with Crippen LogP contribution in [0.2, 0.25) is 0 Å². The molecule has 1 aromatic heterocycles. The number of hydrogen-bond donors (Lipinski definition) is 1. The smallest absolute Gasteiger partial charge is 0.226 e. The lowest BCUT2D eigenvalue weighted by Crippen LogP contribution is -2.30. The molecule has 2 heterocycles. The van der Waals surface area contributed by atoms with Gasteiger partial charge in [-0.1, -0.05) is 0 Å². The summed E-state index contributed by atoms with van der Waals surface area (Å²) in [4.78, 5) is 10.4. The molecule has 0 spiro atoms. The first kappa shape index (κ1) is 9.87. The van der Waals surface area contributed by atoms with E-state index >= 15 is 0 Å². The molecule has 1 aliphatic heterocycles. The quantitative estimate of drug-likeness (QED) is 0.741. The number of anilines is 1. The van der Waals surface area contributed by atoms with Crippen molar-refractivity contribution >= 4 is 5.95 Å². The van der Waals surface area contributed by atoms with Crippen molar-refractivity contribution in [2.45, 2.75) is 12.5 Å². The van der Waals surface area contributed by atoms with Gasteiger partial charge in [-0.3, -0.25) is 0 Å². The third kappa shape index (κ3) is 2.05. The molecule has 0 amide bonds. The van der Waals surface area contributed by atoms with E-state index in [0.29, 0.717) is 17.7 Å². The first-order valence-corrected chi connectivity index (χ1v) is 4.99. The van der Waals surface area contributed by atoms with Crippen molar-refractivity contribution in [1.82, 2.24) is 15.3 Å². The maximum atomic E-state index is 8.73. The van der Waals surface area contributed by atoms with Crippen molar-refractivity contribution in [2.75, 3.05) is 25.0 Å². The van der Waals surface area contributed by atoms with Crippen LogP contribution in [0.3, 0.4) is 0 Å². The summed E-state index contributed by atoms with van der Waals surface area (Å²) in [6.07, 6.45) is 2.73. The number of nitrogens with one attached hydrogen (secondary N) is 1. The summed E-state index contributed by atoms with van der Waals surface area (Å²) in [5, 5.41) is 12.0. The minimum absolute atomic E-state index is 0.424. The molecular formula is C10H13N5. The fraction of sp³-hybridized carbons (Fsp3) is 0.500. The zero-order chi connectivity index (χ0) is 10.7. The normalized spacial score (nSPS) is 20.3. The summed E-state index contributed by atoms with van der Waals surface area (Å²) < 4.78 is 0. The Kier molecular flexibility index (Phi) is 2.79. The number of nitrogens with zero attached hydrogens (tertiary/aromatic N) is 4. The highest BCUT2D eigenvalue weighted by molar-refractivity contribution is 5.35. The SMILES string of the molecule is CNC1CCN(c2nccc(C#N)n2)C1. The van der Waals surface area contributed by atoms with Gasteiger partial charge in [-0.05, 0) is 19.5 Å². The Bertz CT molecular complexity index is 384. The van der Waals surface area contributed by atoms with Crippen LogP contribution < -0.4 is 10.2 Å². The van der Waals surface area contributed by atoms with Crippen LogP contribution in [0.5, 0.6) is 0 Å². The van der Waals surface area contributed by atoms with E-state index < -0.39 is 0 Å². The molecule has 1 fully saturated rings. The minimum atomic E-state index is 0.424. The van der Waals surface area contributed by atoms with Crippen LogP contribution in [-0.2, 0) is 0 Å². The maximum Gasteiger partial charge on any atom is 0.226 e. The summed E-state index contributed by atoms with van der Waals surface area (Å²) in [5.41, 5.74) is 0.424. The van der Waals surface area contributed by atoms with E-state index in [0.717, 1.165) is 19.5 Å². The van der Waals surface area contributed by atoms with Crippen molar-refractivity contribution in [1.29, 1.82) is 5.26 Å². The highest BCUT2D eigenvalue weighted by Gasteiger charge is 2.22. The molecule has 0 radical (unpaired) electrons. The molecule has 1 aliphatic rings. The molecule has 1 atom stereocenters. The Morgan fingerprint density at radius 2 is 2.53 bits per heavy atom. The van der Waals surface area contributed by atoms with Crippen LogP contribution in [0.4, 0.5) is 5.95 Å². The van der Waals surface area contributed by atoms with E-state index in [1.54, 1.807) is 12.3 Å². The zero-order valence-corrected chi connectivity index (χ0v) is 8.64. The topological polar surface area (TPSA) is 64.8 Å². The van der Waals surface area contributed by atoms with Gasteiger partial charge >= 0.3 is 0 Å². The predicted molar refractivity (Wildman–Crippen MR) is 56.4 cm³/mol. The lowest BCUT2D eigenvalue weighted by Gasteiger charge is -2.15. The molecule has 1 saturated heterocycles. The van der Waals surface area contributed by atoms with Crippen molar-refractivity contribution < 1.29 is 0 Å². The fourth-order valence-corrected chi connectivity index (χ4v) is 1.74. The summed E-state index contributed by atoms with van der Waals surface area (Å²) in [6.45, 7) is 1.85. The summed E-state index contributed by atoms with van der Waals surface area (Å²) in [7, 11) is 1.96. The van der Waals surface area contributed by atoms with Crippen molar-refractivity contribution in [3.8, 4) is 6.07 Å². The summed E-state index contributed by atoms with van der Waals surface area (Å²) in [6, 6.07) is 4.14. The average Bonchev–Trinajstić information content (AvgIpc) is 2.78. The van der Waals surface area contributed by atoms with E-state index in [1.165, 1.54) is 0 Å². The van der Waals surface area contributed by atoms with Crippen LogP contribution in [0.15, 0.2) is 12.3 Å². The van der Waals surface area contributed by atoms with Gasteiger partial charge in [-0.15, -0.1) is 0 Å². The molecule has 1 unspecified atom stereocenters. The largest absolute Gasteiger partial charge is 0.339 e. The minimum Gasteiger partial charge on any atom is -0.339 e. The summed E-state index contributed by atoms with van der Waals surface area (Å²) in [5.74, 6) is 0.659.